The van der Waals surface area contributed by atoms with Crippen LogP contribution in [0.2, 0.25) is 0 Å². The van der Waals surface area contributed by atoms with Gasteiger partial charge in [-0.15, -0.1) is 0 Å². The van der Waals surface area contributed by atoms with E-state index in [-0.39, 0.29) is 17.4 Å². The van der Waals surface area contributed by atoms with E-state index in [9.17, 15) is 14.9 Å². The van der Waals surface area contributed by atoms with Gasteiger partial charge in [0, 0.05) is 23.6 Å². The fourth-order valence-corrected chi connectivity index (χ4v) is 4.07. The second kappa shape index (κ2) is 8.44. The van der Waals surface area contributed by atoms with Crippen molar-refractivity contribution in [2.75, 3.05) is 14.2 Å². The lowest BCUT2D eigenvalue weighted by Gasteiger charge is -2.30. The van der Waals surface area contributed by atoms with Crippen LogP contribution >= 0.6 is 0 Å². The summed E-state index contributed by atoms with van der Waals surface area (Å²) in [6.45, 7) is 0. The van der Waals surface area contributed by atoms with Crippen molar-refractivity contribution in [1.29, 1.82) is 0 Å². The van der Waals surface area contributed by atoms with Gasteiger partial charge >= 0.3 is 0 Å². The van der Waals surface area contributed by atoms with Crippen LogP contribution in [0.15, 0.2) is 72.8 Å². The molecule has 0 amide bonds. The average molecular weight is 415 g/mol. The van der Waals surface area contributed by atoms with E-state index in [4.69, 9.17) is 9.47 Å². The number of nitro groups is 1. The largest absolute Gasteiger partial charge is 0.493 e. The molecule has 4 rings (SSSR count). The summed E-state index contributed by atoms with van der Waals surface area (Å²) >= 11 is 0. The smallest absolute Gasteiger partial charge is 0.269 e. The summed E-state index contributed by atoms with van der Waals surface area (Å²) in [6, 6.07) is 19.2. The van der Waals surface area contributed by atoms with E-state index in [1.165, 1.54) is 12.1 Å². The Balaban J connectivity index is 1.89. The van der Waals surface area contributed by atoms with Crippen LogP contribution in [0, 0.1) is 10.1 Å². The zero-order chi connectivity index (χ0) is 22.0. The summed E-state index contributed by atoms with van der Waals surface area (Å²) in [5.41, 5.74) is 2.94. The molecule has 2 atom stereocenters. The van der Waals surface area contributed by atoms with Crippen LogP contribution in [0.25, 0.3) is 6.08 Å². The van der Waals surface area contributed by atoms with E-state index in [1.54, 1.807) is 32.4 Å². The van der Waals surface area contributed by atoms with Crippen molar-refractivity contribution in [2.45, 2.75) is 11.8 Å². The molecule has 156 valence electrons. The number of Topliss-reactive ketones (excluding diaryl/α,β-unsaturated/α-hetero) is 1. The summed E-state index contributed by atoms with van der Waals surface area (Å²) in [4.78, 5) is 24.6. The Kier molecular flexibility index (Phi) is 5.54. The average Bonchev–Trinajstić information content (AvgIpc) is 2.82. The first-order valence-electron chi connectivity index (χ1n) is 9.81. The molecule has 0 fully saturated rings. The van der Waals surface area contributed by atoms with Gasteiger partial charge in [-0.05, 0) is 28.8 Å². The van der Waals surface area contributed by atoms with Gasteiger partial charge in [0.1, 0.15) is 0 Å². The third-order valence-electron chi connectivity index (χ3n) is 5.57. The molecule has 6 heteroatoms. The molecule has 0 N–H and O–H groups in total. The predicted octanol–water partition coefficient (Wildman–Crippen LogP) is 5.39. The van der Waals surface area contributed by atoms with Gasteiger partial charge in [-0.2, -0.15) is 0 Å². The van der Waals surface area contributed by atoms with Crippen LogP contribution in [0.3, 0.4) is 0 Å². The number of hydrogen-bond donors (Lipinski definition) is 0. The molecule has 0 heterocycles. The standard InChI is InChI=1S/C25H21NO5/c1-30-22-14-18-11-12-20(17-9-6-10-19(13-17)26(28)29)24(21(18)15-23(22)31-2)25(27)16-7-4-3-5-8-16/h3-15,20,24H,1-2H3/t20-,24-/m0/s1. The Hall–Kier alpha value is -3.93. The van der Waals surface area contributed by atoms with Gasteiger partial charge < -0.3 is 9.47 Å². The molecule has 0 unspecified atom stereocenters. The first-order chi connectivity index (χ1) is 15.0. The van der Waals surface area contributed by atoms with Gasteiger partial charge in [-0.1, -0.05) is 54.6 Å². The highest BCUT2D eigenvalue weighted by Gasteiger charge is 2.35. The molecular formula is C25H21NO5. The van der Waals surface area contributed by atoms with Crippen LogP contribution in [0.1, 0.15) is 38.9 Å². The lowest BCUT2D eigenvalue weighted by Crippen LogP contribution is -2.23. The molecule has 31 heavy (non-hydrogen) atoms. The predicted molar refractivity (Wildman–Crippen MR) is 118 cm³/mol. The Labute approximate surface area is 179 Å². The minimum atomic E-state index is -0.566. The summed E-state index contributed by atoms with van der Waals surface area (Å²) in [5, 5.41) is 11.3. The number of rotatable bonds is 6. The van der Waals surface area contributed by atoms with Gasteiger partial charge in [0.2, 0.25) is 0 Å². The Morgan fingerprint density at radius 1 is 0.935 bits per heavy atom. The van der Waals surface area contributed by atoms with Crippen molar-refractivity contribution in [1.82, 2.24) is 0 Å². The van der Waals surface area contributed by atoms with E-state index in [1.807, 2.05) is 48.6 Å². The van der Waals surface area contributed by atoms with Crippen molar-refractivity contribution in [2.24, 2.45) is 0 Å². The van der Waals surface area contributed by atoms with Crippen molar-refractivity contribution in [3.8, 4) is 11.5 Å². The lowest BCUT2D eigenvalue weighted by molar-refractivity contribution is -0.384. The number of non-ortho nitro benzene ring substituents is 1. The minimum absolute atomic E-state index is 0.00471. The molecule has 6 nitrogen and oxygen atoms in total. The molecule has 3 aromatic rings. The summed E-state index contributed by atoms with van der Waals surface area (Å²) in [5.74, 6) is 0.114. The molecule has 3 aromatic carbocycles. The van der Waals surface area contributed by atoms with E-state index >= 15 is 0 Å². The number of ether oxygens (including phenoxy) is 2. The maximum absolute atomic E-state index is 13.7. The topological polar surface area (TPSA) is 78.7 Å². The van der Waals surface area contributed by atoms with Crippen molar-refractivity contribution >= 4 is 17.5 Å². The zero-order valence-electron chi connectivity index (χ0n) is 17.1. The highest BCUT2D eigenvalue weighted by Crippen LogP contribution is 2.46. The normalized spacial score (nSPS) is 17.0. The number of hydrogen-bond acceptors (Lipinski definition) is 5. The first-order valence-corrected chi connectivity index (χ1v) is 9.81. The van der Waals surface area contributed by atoms with Crippen LogP contribution in [0.5, 0.6) is 11.5 Å². The second-order valence-electron chi connectivity index (χ2n) is 7.28. The van der Waals surface area contributed by atoms with Gasteiger partial charge in [-0.3, -0.25) is 14.9 Å². The number of allylic oxidation sites excluding steroid dienone is 1. The van der Waals surface area contributed by atoms with Gasteiger partial charge in [0.15, 0.2) is 17.3 Å². The number of benzene rings is 3. The molecule has 1 aliphatic carbocycles. The van der Waals surface area contributed by atoms with Crippen LogP contribution in [-0.2, 0) is 0 Å². The number of fused-ring (bicyclic) bond motifs is 1. The first kappa shape index (κ1) is 20.3. The van der Waals surface area contributed by atoms with Gasteiger partial charge in [0.05, 0.1) is 25.1 Å². The number of methoxy groups -OCH3 is 2. The molecule has 0 bridgehead atoms. The summed E-state index contributed by atoms with van der Waals surface area (Å²) < 4.78 is 10.9. The van der Waals surface area contributed by atoms with Crippen LogP contribution < -0.4 is 9.47 Å². The highest BCUT2D eigenvalue weighted by molar-refractivity contribution is 6.03. The summed E-state index contributed by atoms with van der Waals surface area (Å²) in [6.07, 6.45) is 3.86. The Bertz CT molecular complexity index is 1170. The van der Waals surface area contributed by atoms with Crippen LogP contribution in [0.4, 0.5) is 5.69 Å². The van der Waals surface area contributed by atoms with Crippen molar-refractivity contribution in [3.63, 3.8) is 0 Å². The molecule has 0 radical (unpaired) electrons. The third-order valence-corrected chi connectivity index (χ3v) is 5.57. The van der Waals surface area contributed by atoms with Crippen molar-refractivity contribution in [3.05, 3.63) is 105 Å². The number of nitrogens with zero attached hydrogens (tertiary/aromatic N) is 1. The number of carbonyl (C=O) groups excluding carboxylic acids is 1. The molecule has 0 saturated heterocycles. The highest BCUT2D eigenvalue weighted by atomic mass is 16.6. The van der Waals surface area contributed by atoms with E-state index in [0.717, 1.165) is 11.1 Å². The second-order valence-corrected chi connectivity index (χ2v) is 7.28. The molecule has 0 saturated carbocycles. The Morgan fingerprint density at radius 2 is 1.65 bits per heavy atom. The van der Waals surface area contributed by atoms with Crippen molar-refractivity contribution < 1.29 is 19.2 Å². The third kappa shape index (κ3) is 3.80. The van der Waals surface area contributed by atoms with Gasteiger partial charge in [0.25, 0.3) is 5.69 Å². The number of nitro benzene ring substituents is 1. The SMILES string of the molecule is COc1cc2c(cc1OC)[C@@H](C(=O)c1ccccc1)[C@H](c1cccc([N+](=O)[O-])c1)C=C2. The maximum atomic E-state index is 13.7. The molecule has 0 aromatic heterocycles. The maximum Gasteiger partial charge on any atom is 0.269 e. The van der Waals surface area contributed by atoms with Crippen LogP contribution in [-0.4, -0.2) is 24.9 Å². The quantitative estimate of drug-likeness (QED) is 0.306. The zero-order valence-corrected chi connectivity index (χ0v) is 17.1. The lowest BCUT2D eigenvalue weighted by atomic mass is 9.72. The fourth-order valence-electron chi connectivity index (χ4n) is 4.07. The fraction of sp³-hybridized carbons (Fsp3) is 0.160. The Morgan fingerprint density at radius 3 is 2.32 bits per heavy atom. The minimum Gasteiger partial charge on any atom is -0.493 e. The molecule has 0 aliphatic heterocycles. The van der Waals surface area contributed by atoms with E-state index < -0.39 is 10.8 Å². The van der Waals surface area contributed by atoms with Gasteiger partial charge in [-0.25, -0.2) is 0 Å². The number of ketones is 1. The van der Waals surface area contributed by atoms with E-state index in [2.05, 4.69) is 0 Å². The monoisotopic (exact) mass is 415 g/mol. The molecule has 1 aliphatic rings. The molecule has 0 spiro atoms. The summed E-state index contributed by atoms with van der Waals surface area (Å²) in [7, 11) is 3.12. The number of carbonyl (C=O) groups is 1. The molecular weight excluding hydrogens is 394 g/mol. The van der Waals surface area contributed by atoms with E-state index in [0.29, 0.717) is 22.6 Å².